The van der Waals surface area contributed by atoms with Gasteiger partial charge < -0.3 is 5.32 Å². The number of aromatic nitrogens is 3. The molecule has 1 amide bonds. The Morgan fingerprint density at radius 2 is 2.20 bits per heavy atom. The van der Waals surface area contributed by atoms with Crippen LogP contribution in [0.4, 0.5) is 5.69 Å². The molecule has 1 atom stereocenters. The molecule has 2 heterocycles. The van der Waals surface area contributed by atoms with E-state index >= 15 is 0 Å². The zero-order valence-corrected chi connectivity index (χ0v) is 15.7. The monoisotopic (exact) mass is 361 g/mol. The van der Waals surface area contributed by atoms with Crippen molar-refractivity contribution in [3.63, 3.8) is 0 Å². The first-order chi connectivity index (χ1) is 11.9. The number of amides is 1. The van der Waals surface area contributed by atoms with Crippen molar-refractivity contribution in [2.45, 2.75) is 46.1 Å². The summed E-state index contributed by atoms with van der Waals surface area (Å²) in [4.78, 5) is 19.1. The number of hydrogen-bond donors (Lipinski definition) is 2. The summed E-state index contributed by atoms with van der Waals surface area (Å²) in [5, 5.41) is 10.7. The molecule has 0 bridgehead atoms. The SMILES string of the molecule is Cc1cc(C)c(NC(=O)CCN2CCC[C@@H]2c2n[nH]c(C)n2)c(Cl)c1. The number of benzene rings is 1. The normalized spacial score (nSPS) is 17.8. The van der Waals surface area contributed by atoms with Gasteiger partial charge in [0, 0.05) is 13.0 Å². The van der Waals surface area contributed by atoms with E-state index in [-0.39, 0.29) is 11.9 Å². The molecule has 0 aliphatic carbocycles. The Morgan fingerprint density at radius 1 is 1.40 bits per heavy atom. The van der Waals surface area contributed by atoms with Crippen LogP contribution in [0.2, 0.25) is 5.02 Å². The molecule has 0 spiro atoms. The summed E-state index contributed by atoms with van der Waals surface area (Å²) in [6, 6.07) is 4.08. The lowest BCUT2D eigenvalue weighted by Gasteiger charge is -2.22. The first-order valence-electron chi connectivity index (χ1n) is 8.63. The minimum Gasteiger partial charge on any atom is -0.325 e. The molecule has 25 heavy (non-hydrogen) atoms. The molecule has 1 aromatic heterocycles. The van der Waals surface area contributed by atoms with Gasteiger partial charge in [-0.1, -0.05) is 17.7 Å². The van der Waals surface area contributed by atoms with Gasteiger partial charge in [0.25, 0.3) is 0 Å². The second-order valence-electron chi connectivity index (χ2n) is 6.71. The highest BCUT2D eigenvalue weighted by molar-refractivity contribution is 6.34. The predicted molar refractivity (Wildman–Crippen MR) is 98.8 cm³/mol. The number of carbonyl (C=O) groups is 1. The Bertz CT molecular complexity index is 750. The molecule has 1 aliphatic rings. The van der Waals surface area contributed by atoms with Gasteiger partial charge in [0.05, 0.1) is 16.8 Å². The van der Waals surface area contributed by atoms with Crippen molar-refractivity contribution in [3.8, 4) is 0 Å². The maximum Gasteiger partial charge on any atom is 0.225 e. The molecule has 0 radical (unpaired) electrons. The minimum atomic E-state index is -0.0225. The molecule has 6 nitrogen and oxygen atoms in total. The van der Waals surface area contributed by atoms with Crippen LogP contribution in [-0.2, 0) is 4.79 Å². The molecule has 0 saturated carbocycles. The van der Waals surface area contributed by atoms with Crippen LogP contribution in [-0.4, -0.2) is 39.1 Å². The fourth-order valence-electron chi connectivity index (χ4n) is 3.42. The molecular weight excluding hydrogens is 338 g/mol. The van der Waals surface area contributed by atoms with E-state index in [2.05, 4.69) is 25.4 Å². The van der Waals surface area contributed by atoms with Crippen LogP contribution in [0.1, 0.15) is 48.1 Å². The molecule has 1 aromatic carbocycles. The number of H-pyrrole nitrogens is 1. The smallest absolute Gasteiger partial charge is 0.225 e. The van der Waals surface area contributed by atoms with Crippen molar-refractivity contribution in [2.75, 3.05) is 18.4 Å². The Labute approximate surface area is 153 Å². The summed E-state index contributed by atoms with van der Waals surface area (Å²) in [5.74, 6) is 1.63. The molecule has 134 valence electrons. The minimum absolute atomic E-state index is 0.0225. The van der Waals surface area contributed by atoms with E-state index in [1.54, 1.807) is 0 Å². The molecule has 3 rings (SSSR count). The van der Waals surface area contributed by atoms with Crippen LogP contribution in [0.15, 0.2) is 12.1 Å². The van der Waals surface area contributed by atoms with Gasteiger partial charge in [-0.2, -0.15) is 5.10 Å². The van der Waals surface area contributed by atoms with Crippen LogP contribution >= 0.6 is 11.6 Å². The number of likely N-dealkylation sites (tertiary alicyclic amines) is 1. The van der Waals surface area contributed by atoms with E-state index in [0.717, 1.165) is 42.2 Å². The molecule has 1 aliphatic heterocycles. The maximum absolute atomic E-state index is 12.4. The standard InChI is InChI=1S/C18H24ClN5O/c1-11-9-12(2)17(14(19)10-11)21-16(25)6-8-24-7-4-5-15(24)18-20-13(3)22-23-18/h9-10,15H,4-8H2,1-3H3,(H,21,25)(H,20,22,23)/t15-/m1/s1. The maximum atomic E-state index is 12.4. The largest absolute Gasteiger partial charge is 0.325 e. The summed E-state index contributed by atoms with van der Waals surface area (Å²) in [6.07, 6.45) is 2.55. The van der Waals surface area contributed by atoms with Gasteiger partial charge in [-0.25, -0.2) is 4.98 Å². The van der Waals surface area contributed by atoms with Crippen LogP contribution in [0, 0.1) is 20.8 Å². The number of anilines is 1. The van der Waals surface area contributed by atoms with Gasteiger partial charge in [0.1, 0.15) is 5.82 Å². The van der Waals surface area contributed by atoms with Crippen LogP contribution in [0.3, 0.4) is 0 Å². The average Bonchev–Trinajstić information content (AvgIpc) is 3.17. The highest BCUT2D eigenvalue weighted by atomic mass is 35.5. The fourth-order valence-corrected chi connectivity index (χ4v) is 3.78. The third-order valence-corrected chi connectivity index (χ3v) is 4.90. The summed E-state index contributed by atoms with van der Waals surface area (Å²) in [7, 11) is 0. The number of aromatic amines is 1. The van der Waals surface area contributed by atoms with Crippen LogP contribution in [0.25, 0.3) is 0 Å². The number of carbonyl (C=O) groups excluding carboxylic acids is 1. The highest BCUT2D eigenvalue weighted by Gasteiger charge is 2.29. The van der Waals surface area contributed by atoms with Crippen molar-refractivity contribution >= 4 is 23.2 Å². The Kier molecular flexibility index (Phi) is 5.39. The van der Waals surface area contributed by atoms with Crippen molar-refractivity contribution < 1.29 is 4.79 Å². The molecule has 0 unspecified atom stereocenters. The van der Waals surface area contributed by atoms with E-state index < -0.39 is 0 Å². The van der Waals surface area contributed by atoms with Gasteiger partial charge in [-0.05, 0) is 57.4 Å². The number of hydrogen-bond acceptors (Lipinski definition) is 4. The third kappa shape index (κ3) is 4.19. The molecule has 2 aromatic rings. The molecule has 1 fully saturated rings. The van der Waals surface area contributed by atoms with Gasteiger partial charge in [-0.15, -0.1) is 0 Å². The Hall–Kier alpha value is -1.92. The average molecular weight is 362 g/mol. The summed E-state index contributed by atoms with van der Waals surface area (Å²) in [5.41, 5.74) is 2.77. The van der Waals surface area contributed by atoms with E-state index in [1.807, 2.05) is 32.9 Å². The number of nitrogens with zero attached hydrogens (tertiary/aromatic N) is 3. The third-order valence-electron chi connectivity index (χ3n) is 4.60. The molecule has 1 saturated heterocycles. The second-order valence-corrected chi connectivity index (χ2v) is 7.12. The van der Waals surface area contributed by atoms with E-state index in [1.165, 1.54) is 0 Å². The van der Waals surface area contributed by atoms with Crippen LogP contribution < -0.4 is 5.32 Å². The lowest BCUT2D eigenvalue weighted by molar-refractivity contribution is -0.116. The summed E-state index contributed by atoms with van der Waals surface area (Å²) in [6.45, 7) is 7.50. The van der Waals surface area contributed by atoms with Crippen LogP contribution in [0.5, 0.6) is 0 Å². The van der Waals surface area contributed by atoms with Crippen molar-refractivity contribution in [1.29, 1.82) is 0 Å². The summed E-state index contributed by atoms with van der Waals surface area (Å²) < 4.78 is 0. The quantitative estimate of drug-likeness (QED) is 0.854. The lowest BCUT2D eigenvalue weighted by Crippen LogP contribution is -2.28. The summed E-state index contributed by atoms with van der Waals surface area (Å²) >= 11 is 6.27. The first-order valence-corrected chi connectivity index (χ1v) is 9.01. The molecule has 7 heteroatoms. The Morgan fingerprint density at radius 3 is 2.88 bits per heavy atom. The molecule has 2 N–H and O–H groups in total. The fraction of sp³-hybridized carbons (Fsp3) is 0.500. The lowest BCUT2D eigenvalue weighted by atomic mass is 10.1. The van der Waals surface area contributed by atoms with E-state index in [9.17, 15) is 4.79 Å². The first kappa shape index (κ1) is 17.9. The van der Waals surface area contributed by atoms with Gasteiger partial charge in [-0.3, -0.25) is 14.8 Å². The zero-order chi connectivity index (χ0) is 18.0. The topological polar surface area (TPSA) is 73.9 Å². The number of aryl methyl sites for hydroxylation is 3. The highest BCUT2D eigenvalue weighted by Crippen LogP contribution is 2.30. The van der Waals surface area contributed by atoms with Crippen molar-refractivity contribution in [3.05, 3.63) is 39.9 Å². The van der Waals surface area contributed by atoms with Gasteiger partial charge in [0.2, 0.25) is 5.91 Å². The van der Waals surface area contributed by atoms with Crippen molar-refractivity contribution in [2.24, 2.45) is 0 Å². The zero-order valence-electron chi connectivity index (χ0n) is 14.9. The Balaban J connectivity index is 1.59. The van der Waals surface area contributed by atoms with E-state index in [0.29, 0.717) is 23.7 Å². The number of halogens is 1. The second kappa shape index (κ2) is 7.54. The predicted octanol–water partition coefficient (Wildman–Crippen LogP) is 3.55. The van der Waals surface area contributed by atoms with E-state index in [4.69, 9.17) is 11.6 Å². The van der Waals surface area contributed by atoms with Gasteiger partial charge in [0.15, 0.2) is 5.82 Å². The van der Waals surface area contributed by atoms with Gasteiger partial charge >= 0.3 is 0 Å². The van der Waals surface area contributed by atoms with Crippen molar-refractivity contribution in [1.82, 2.24) is 20.1 Å². The molecular formula is C18H24ClN5O. The number of rotatable bonds is 5. The number of nitrogens with one attached hydrogen (secondary N) is 2.